The molecule has 2 rings (SSSR count). The first-order valence-corrected chi connectivity index (χ1v) is 9.24. The van der Waals surface area contributed by atoms with Crippen molar-refractivity contribution in [3.05, 3.63) is 29.8 Å². The maximum atomic E-state index is 12.3. The number of esters is 1. The fourth-order valence-electron chi connectivity index (χ4n) is 2.99. The minimum absolute atomic E-state index is 0.00192. The van der Waals surface area contributed by atoms with Gasteiger partial charge in [0.05, 0.1) is 23.5 Å². The quantitative estimate of drug-likeness (QED) is 0.751. The molecule has 0 amide bonds. The maximum Gasteiger partial charge on any atom is 0.335 e. The summed E-state index contributed by atoms with van der Waals surface area (Å²) >= 11 is 0. The fraction of sp³-hybridized carbons (Fsp3) is 0.500. The van der Waals surface area contributed by atoms with Crippen molar-refractivity contribution in [2.45, 2.75) is 30.6 Å². The molecule has 1 aliphatic carbocycles. The van der Waals surface area contributed by atoms with E-state index in [0.29, 0.717) is 6.42 Å². The molecule has 8 heteroatoms. The van der Waals surface area contributed by atoms with Crippen LogP contribution < -0.4 is 4.72 Å². The van der Waals surface area contributed by atoms with E-state index in [0.717, 1.165) is 19.3 Å². The molecule has 24 heavy (non-hydrogen) atoms. The summed E-state index contributed by atoms with van der Waals surface area (Å²) in [4.78, 5) is 22.6. The summed E-state index contributed by atoms with van der Waals surface area (Å²) in [6, 6.07) is 5.00. The van der Waals surface area contributed by atoms with Gasteiger partial charge >= 0.3 is 11.9 Å². The zero-order valence-electron chi connectivity index (χ0n) is 13.4. The van der Waals surface area contributed by atoms with Crippen LogP contribution in [0.4, 0.5) is 0 Å². The molecular formula is C16H21NO6S. The molecule has 7 nitrogen and oxygen atoms in total. The summed E-state index contributed by atoms with van der Waals surface area (Å²) in [5.74, 6) is -1.81. The van der Waals surface area contributed by atoms with Gasteiger partial charge in [0.25, 0.3) is 0 Å². The third-order valence-corrected chi connectivity index (χ3v) is 5.80. The minimum Gasteiger partial charge on any atom is -0.478 e. The number of sulfonamides is 1. The first-order chi connectivity index (χ1) is 11.3. The van der Waals surface area contributed by atoms with E-state index in [-0.39, 0.29) is 34.8 Å². The van der Waals surface area contributed by atoms with Gasteiger partial charge in [0.15, 0.2) is 0 Å². The van der Waals surface area contributed by atoms with Gasteiger partial charge in [-0.2, -0.15) is 0 Å². The van der Waals surface area contributed by atoms with E-state index in [4.69, 9.17) is 9.84 Å². The van der Waals surface area contributed by atoms with Crippen molar-refractivity contribution in [2.24, 2.45) is 11.8 Å². The summed E-state index contributed by atoms with van der Waals surface area (Å²) < 4.78 is 32.0. The van der Waals surface area contributed by atoms with Crippen LogP contribution in [0.15, 0.2) is 29.2 Å². The van der Waals surface area contributed by atoms with Gasteiger partial charge in [-0.05, 0) is 43.0 Å². The molecule has 0 saturated heterocycles. The highest BCUT2D eigenvalue weighted by atomic mass is 32.2. The molecule has 1 aliphatic rings. The van der Waals surface area contributed by atoms with Crippen molar-refractivity contribution in [1.82, 2.24) is 4.72 Å². The van der Waals surface area contributed by atoms with Gasteiger partial charge in [-0.3, -0.25) is 4.79 Å². The van der Waals surface area contributed by atoms with E-state index in [1.807, 2.05) is 0 Å². The highest BCUT2D eigenvalue weighted by Crippen LogP contribution is 2.30. The normalized spacial score (nSPS) is 21.2. The predicted molar refractivity (Wildman–Crippen MR) is 86.1 cm³/mol. The van der Waals surface area contributed by atoms with Crippen molar-refractivity contribution in [3.63, 3.8) is 0 Å². The molecule has 0 radical (unpaired) electrons. The number of hydrogen-bond acceptors (Lipinski definition) is 5. The maximum absolute atomic E-state index is 12.3. The number of rotatable bonds is 6. The number of carbonyl (C=O) groups is 2. The van der Waals surface area contributed by atoms with Crippen molar-refractivity contribution >= 4 is 22.0 Å². The van der Waals surface area contributed by atoms with E-state index in [9.17, 15) is 18.0 Å². The van der Waals surface area contributed by atoms with Crippen LogP contribution in [-0.4, -0.2) is 39.1 Å². The van der Waals surface area contributed by atoms with Crippen molar-refractivity contribution < 1.29 is 27.9 Å². The molecule has 0 heterocycles. The van der Waals surface area contributed by atoms with Gasteiger partial charge < -0.3 is 9.84 Å². The lowest BCUT2D eigenvalue weighted by atomic mass is 9.79. The van der Waals surface area contributed by atoms with Gasteiger partial charge in [-0.1, -0.05) is 12.8 Å². The van der Waals surface area contributed by atoms with Gasteiger partial charge in [0.1, 0.15) is 0 Å². The van der Waals surface area contributed by atoms with E-state index in [2.05, 4.69) is 4.72 Å². The Morgan fingerprint density at radius 2 is 1.83 bits per heavy atom. The Bertz CT molecular complexity index is 698. The standard InChI is InChI=1S/C16H21NO6S/c1-23-16(20)14-5-3-2-4-12(14)10-17-24(21,22)13-8-6-11(7-9-13)15(18)19/h6-9,12,14,17H,2-5,10H2,1H3,(H,18,19). The molecule has 132 valence electrons. The van der Waals surface area contributed by atoms with Crippen LogP contribution in [0, 0.1) is 11.8 Å². The first-order valence-electron chi connectivity index (χ1n) is 7.76. The van der Waals surface area contributed by atoms with Crippen LogP contribution in [0.3, 0.4) is 0 Å². The second kappa shape index (κ2) is 7.76. The summed E-state index contributed by atoms with van der Waals surface area (Å²) in [6.45, 7) is 0.156. The molecule has 1 fully saturated rings. The lowest BCUT2D eigenvalue weighted by Gasteiger charge is -2.29. The number of methoxy groups -OCH3 is 1. The molecule has 0 aliphatic heterocycles. The third-order valence-electron chi connectivity index (χ3n) is 4.36. The summed E-state index contributed by atoms with van der Waals surface area (Å²) in [5.41, 5.74) is 0.0204. The van der Waals surface area contributed by atoms with Crippen LogP contribution in [0.1, 0.15) is 36.0 Å². The largest absolute Gasteiger partial charge is 0.478 e. The number of aromatic carboxylic acids is 1. The van der Waals surface area contributed by atoms with Crippen LogP contribution in [0.25, 0.3) is 0 Å². The topological polar surface area (TPSA) is 110 Å². The van der Waals surface area contributed by atoms with Gasteiger partial charge in [-0.25, -0.2) is 17.9 Å². The molecular weight excluding hydrogens is 334 g/mol. The molecule has 0 aromatic heterocycles. The molecule has 2 unspecified atom stereocenters. The van der Waals surface area contributed by atoms with Gasteiger partial charge in [0, 0.05) is 6.54 Å². The van der Waals surface area contributed by atoms with Crippen molar-refractivity contribution in [2.75, 3.05) is 13.7 Å². The Morgan fingerprint density at radius 3 is 2.42 bits per heavy atom. The van der Waals surface area contributed by atoms with E-state index < -0.39 is 16.0 Å². The van der Waals surface area contributed by atoms with Gasteiger partial charge in [0.2, 0.25) is 10.0 Å². The summed E-state index contributed by atoms with van der Waals surface area (Å²) in [7, 11) is -2.42. The zero-order chi connectivity index (χ0) is 17.7. The van der Waals surface area contributed by atoms with Crippen LogP contribution >= 0.6 is 0 Å². The number of carboxylic acid groups (broad SMARTS) is 1. The predicted octanol–water partition coefficient (Wildman–Crippen LogP) is 1.64. The van der Waals surface area contributed by atoms with E-state index >= 15 is 0 Å². The van der Waals surface area contributed by atoms with Crippen LogP contribution in [-0.2, 0) is 19.6 Å². The Kier molecular flexibility index (Phi) is 5.95. The second-order valence-electron chi connectivity index (χ2n) is 5.86. The Labute approximate surface area is 141 Å². The highest BCUT2D eigenvalue weighted by molar-refractivity contribution is 7.89. The molecule has 0 spiro atoms. The lowest BCUT2D eigenvalue weighted by molar-refractivity contribution is -0.148. The fourth-order valence-corrected chi connectivity index (χ4v) is 4.08. The minimum atomic E-state index is -3.75. The van der Waals surface area contributed by atoms with Crippen LogP contribution in [0.2, 0.25) is 0 Å². The number of carboxylic acids is 1. The number of hydrogen-bond donors (Lipinski definition) is 2. The van der Waals surface area contributed by atoms with Gasteiger partial charge in [-0.15, -0.1) is 0 Å². The summed E-state index contributed by atoms with van der Waals surface area (Å²) in [5, 5.41) is 8.85. The van der Waals surface area contributed by atoms with Crippen LogP contribution in [0.5, 0.6) is 0 Å². The summed E-state index contributed by atoms with van der Waals surface area (Å²) in [6.07, 6.45) is 3.35. The highest BCUT2D eigenvalue weighted by Gasteiger charge is 2.32. The molecule has 1 saturated carbocycles. The van der Waals surface area contributed by atoms with Crippen molar-refractivity contribution in [3.8, 4) is 0 Å². The van der Waals surface area contributed by atoms with E-state index in [1.54, 1.807) is 0 Å². The number of ether oxygens (including phenoxy) is 1. The Balaban J connectivity index is 2.05. The van der Waals surface area contributed by atoms with E-state index in [1.165, 1.54) is 31.4 Å². The molecule has 0 bridgehead atoms. The number of nitrogens with one attached hydrogen (secondary N) is 1. The molecule has 1 aromatic carbocycles. The average Bonchev–Trinajstić information content (AvgIpc) is 2.59. The number of benzene rings is 1. The Hall–Kier alpha value is -1.93. The Morgan fingerprint density at radius 1 is 1.21 bits per heavy atom. The molecule has 2 N–H and O–H groups in total. The lowest BCUT2D eigenvalue weighted by Crippen LogP contribution is -2.37. The molecule has 1 aromatic rings. The smallest absolute Gasteiger partial charge is 0.335 e. The number of carbonyl (C=O) groups excluding carboxylic acids is 1. The average molecular weight is 355 g/mol. The monoisotopic (exact) mass is 355 g/mol. The molecule has 2 atom stereocenters. The zero-order valence-corrected chi connectivity index (χ0v) is 14.2. The second-order valence-corrected chi connectivity index (χ2v) is 7.62. The first kappa shape index (κ1) is 18.4. The third kappa shape index (κ3) is 4.33. The van der Waals surface area contributed by atoms with Crippen molar-refractivity contribution in [1.29, 1.82) is 0 Å². The SMILES string of the molecule is COC(=O)C1CCCCC1CNS(=O)(=O)c1ccc(C(=O)O)cc1.